The van der Waals surface area contributed by atoms with Crippen LogP contribution in [0.1, 0.15) is 164 Å². The standard InChI is InChI=1S/C32H62O2/c1-7-9-11-12-13-14-15-16-17-18-19-20-21-22-23-28(3)25-29(4)26-30(5)27-32(6,31(33)34)24-10-8-2/h14-15,28-30H,7-13,16-27H2,1-6H3,(H,33,34)/b15-14-. The maximum Gasteiger partial charge on any atom is 0.309 e. The van der Waals surface area contributed by atoms with Gasteiger partial charge in [0.1, 0.15) is 0 Å². The van der Waals surface area contributed by atoms with Gasteiger partial charge in [0, 0.05) is 0 Å². The van der Waals surface area contributed by atoms with Crippen molar-refractivity contribution in [3.8, 4) is 0 Å². The summed E-state index contributed by atoms with van der Waals surface area (Å²) in [5.41, 5.74) is -0.550. The van der Waals surface area contributed by atoms with Crippen LogP contribution >= 0.6 is 0 Å². The highest BCUT2D eigenvalue weighted by Crippen LogP contribution is 2.35. The second kappa shape index (κ2) is 21.5. The largest absolute Gasteiger partial charge is 0.481 e. The lowest BCUT2D eigenvalue weighted by atomic mass is 9.75. The fourth-order valence-electron chi connectivity index (χ4n) is 5.69. The summed E-state index contributed by atoms with van der Waals surface area (Å²) < 4.78 is 0. The van der Waals surface area contributed by atoms with E-state index in [1.165, 1.54) is 89.9 Å². The Bertz CT molecular complexity index is 497. The average Bonchev–Trinajstić information content (AvgIpc) is 2.77. The van der Waals surface area contributed by atoms with Gasteiger partial charge in [-0.2, -0.15) is 0 Å². The topological polar surface area (TPSA) is 37.3 Å². The van der Waals surface area contributed by atoms with E-state index in [1.807, 2.05) is 6.92 Å². The highest BCUT2D eigenvalue weighted by Gasteiger charge is 2.34. The Kier molecular flexibility index (Phi) is 21.0. The zero-order valence-electron chi connectivity index (χ0n) is 24.2. The van der Waals surface area contributed by atoms with Crippen LogP contribution in [0.3, 0.4) is 0 Å². The number of rotatable bonds is 24. The minimum Gasteiger partial charge on any atom is -0.481 e. The van der Waals surface area contributed by atoms with Crippen molar-refractivity contribution in [2.24, 2.45) is 23.2 Å². The van der Waals surface area contributed by atoms with Gasteiger partial charge in [0.15, 0.2) is 0 Å². The third-order valence-corrected chi connectivity index (χ3v) is 7.72. The van der Waals surface area contributed by atoms with E-state index in [9.17, 15) is 9.90 Å². The highest BCUT2D eigenvalue weighted by atomic mass is 16.4. The summed E-state index contributed by atoms with van der Waals surface area (Å²) in [6.45, 7) is 13.4. The molecule has 0 aliphatic heterocycles. The Morgan fingerprint density at radius 2 is 1.21 bits per heavy atom. The zero-order chi connectivity index (χ0) is 25.7. The van der Waals surface area contributed by atoms with E-state index in [4.69, 9.17) is 0 Å². The molecule has 0 bridgehead atoms. The molecule has 0 fully saturated rings. The van der Waals surface area contributed by atoms with Crippen molar-refractivity contribution in [1.82, 2.24) is 0 Å². The second-order valence-corrected chi connectivity index (χ2v) is 12.0. The third kappa shape index (κ3) is 18.5. The molecule has 0 aromatic heterocycles. The fourth-order valence-corrected chi connectivity index (χ4v) is 5.69. The summed E-state index contributed by atoms with van der Waals surface area (Å²) in [6.07, 6.45) is 28.6. The number of allylic oxidation sites excluding steroid dienone is 2. The van der Waals surface area contributed by atoms with Crippen LogP contribution in [-0.2, 0) is 4.79 Å². The maximum absolute atomic E-state index is 11.8. The maximum atomic E-state index is 11.8. The van der Waals surface area contributed by atoms with Crippen molar-refractivity contribution in [3.05, 3.63) is 12.2 Å². The molecule has 0 heterocycles. The Hall–Kier alpha value is -0.790. The molecule has 0 radical (unpaired) electrons. The molecule has 2 nitrogen and oxygen atoms in total. The minimum absolute atomic E-state index is 0.482. The number of hydrogen-bond acceptors (Lipinski definition) is 1. The molecule has 0 aliphatic rings. The van der Waals surface area contributed by atoms with E-state index in [0.29, 0.717) is 11.8 Å². The first-order valence-corrected chi connectivity index (χ1v) is 15.1. The van der Waals surface area contributed by atoms with Crippen LogP contribution in [0, 0.1) is 23.2 Å². The molecule has 0 aromatic rings. The van der Waals surface area contributed by atoms with Crippen LogP contribution in [0.5, 0.6) is 0 Å². The van der Waals surface area contributed by atoms with Gasteiger partial charge in [-0.05, 0) is 76.0 Å². The molecular weight excluding hydrogens is 416 g/mol. The molecule has 0 aromatic carbocycles. The Labute approximate surface area is 214 Å². The quantitative estimate of drug-likeness (QED) is 0.111. The summed E-state index contributed by atoms with van der Waals surface area (Å²) in [5.74, 6) is 1.35. The molecule has 0 saturated heterocycles. The highest BCUT2D eigenvalue weighted by molar-refractivity contribution is 5.74. The van der Waals surface area contributed by atoms with Crippen molar-refractivity contribution in [2.45, 2.75) is 164 Å². The molecular formula is C32H62O2. The summed E-state index contributed by atoms with van der Waals surface area (Å²) in [5, 5.41) is 9.74. The molecule has 0 spiro atoms. The molecule has 1 N–H and O–H groups in total. The first-order valence-electron chi connectivity index (χ1n) is 15.1. The molecule has 4 unspecified atom stereocenters. The lowest BCUT2D eigenvalue weighted by Gasteiger charge is -2.29. The number of aliphatic carboxylic acids is 1. The van der Waals surface area contributed by atoms with Gasteiger partial charge >= 0.3 is 5.97 Å². The molecule has 2 heteroatoms. The Morgan fingerprint density at radius 1 is 0.706 bits per heavy atom. The Morgan fingerprint density at radius 3 is 1.76 bits per heavy atom. The van der Waals surface area contributed by atoms with E-state index in [1.54, 1.807) is 0 Å². The van der Waals surface area contributed by atoms with Crippen LogP contribution in [0.25, 0.3) is 0 Å². The molecule has 34 heavy (non-hydrogen) atoms. The van der Waals surface area contributed by atoms with Crippen molar-refractivity contribution < 1.29 is 9.90 Å². The van der Waals surface area contributed by atoms with E-state index < -0.39 is 11.4 Å². The zero-order valence-corrected chi connectivity index (χ0v) is 24.2. The number of unbranched alkanes of at least 4 members (excludes halogenated alkanes) is 11. The van der Waals surface area contributed by atoms with Crippen LogP contribution < -0.4 is 0 Å². The predicted molar refractivity (Wildman–Crippen MR) is 151 cm³/mol. The van der Waals surface area contributed by atoms with E-state index >= 15 is 0 Å². The van der Waals surface area contributed by atoms with Crippen molar-refractivity contribution in [1.29, 1.82) is 0 Å². The van der Waals surface area contributed by atoms with Gasteiger partial charge in [0.25, 0.3) is 0 Å². The van der Waals surface area contributed by atoms with Crippen LogP contribution in [0.4, 0.5) is 0 Å². The molecule has 0 amide bonds. The monoisotopic (exact) mass is 478 g/mol. The van der Waals surface area contributed by atoms with Gasteiger partial charge < -0.3 is 5.11 Å². The summed E-state index contributed by atoms with van der Waals surface area (Å²) in [4.78, 5) is 11.8. The summed E-state index contributed by atoms with van der Waals surface area (Å²) >= 11 is 0. The van der Waals surface area contributed by atoms with Gasteiger partial charge in [-0.15, -0.1) is 0 Å². The summed E-state index contributed by atoms with van der Waals surface area (Å²) in [6, 6.07) is 0. The molecule has 0 aliphatic carbocycles. The van der Waals surface area contributed by atoms with Crippen LogP contribution in [0.2, 0.25) is 0 Å². The first-order chi connectivity index (χ1) is 16.2. The van der Waals surface area contributed by atoms with Gasteiger partial charge in [0.2, 0.25) is 0 Å². The number of hydrogen-bond donors (Lipinski definition) is 1. The second-order valence-electron chi connectivity index (χ2n) is 12.0. The third-order valence-electron chi connectivity index (χ3n) is 7.72. The minimum atomic E-state index is -0.608. The van der Waals surface area contributed by atoms with E-state index in [0.717, 1.165) is 38.0 Å². The predicted octanol–water partition coefficient (Wildman–Crippen LogP) is 11.0. The lowest BCUT2D eigenvalue weighted by Crippen LogP contribution is -2.30. The first kappa shape index (κ1) is 33.2. The van der Waals surface area contributed by atoms with E-state index in [-0.39, 0.29) is 0 Å². The van der Waals surface area contributed by atoms with Gasteiger partial charge in [-0.3, -0.25) is 4.79 Å². The van der Waals surface area contributed by atoms with Crippen molar-refractivity contribution >= 4 is 5.97 Å². The number of carboxylic acid groups (broad SMARTS) is 1. The average molecular weight is 479 g/mol. The van der Waals surface area contributed by atoms with E-state index in [2.05, 4.69) is 46.8 Å². The van der Waals surface area contributed by atoms with Crippen LogP contribution in [0.15, 0.2) is 12.2 Å². The van der Waals surface area contributed by atoms with Gasteiger partial charge in [-0.25, -0.2) is 0 Å². The molecule has 0 rings (SSSR count). The fraction of sp³-hybridized carbons (Fsp3) is 0.906. The Balaban J connectivity index is 3.80. The smallest absolute Gasteiger partial charge is 0.309 e. The van der Waals surface area contributed by atoms with Crippen molar-refractivity contribution in [2.75, 3.05) is 0 Å². The summed E-state index contributed by atoms with van der Waals surface area (Å²) in [7, 11) is 0. The lowest BCUT2D eigenvalue weighted by molar-refractivity contribution is -0.149. The normalized spacial score (nSPS) is 16.4. The SMILES string of the molecule is CCCCCC/C=C\CCCCCCCCC(C)CC(C)CC(C)CC(C)(CCCC)C(=O)O. The van der Waals surface area contributed by atoms with Gasteiger partial charge in [0.05, 0.1) is 5.41 Å². The van der Waals surface area contributed by atoms with Crippen LogP contribution in [-0.4, -0.2) is 11.1 Å². The molecule has 0 saturated carbocycles. The molecule has 202 valence electrons. The van der Waals surface area contributed by atoms with Gasteiger partial charge in [-0.1, -0.05) is 117 Å². The number of carbonyl (C=O) groups is 1. The molecule has 4 atom stereocenters. The number of carboxylic acids is 1. The van der Waals surface area contributed by atoms with Crippen molar-refractivity contribution in [3.63, 3.8) is 0 Å².